The summed E-state index contributed by atoms with van der Waals surface area (Å²) in [5.41, 5.74) is 0.824. The fourth-order valence-electron chi connectivity index (χ4n) is 3.20. The van der Waals surface area contributed by atoms with Gasteiger partial charge in [0.05, 0.1) is 11.5 Å². The van der Waals surface area contributed by atoms with Crippen molar-refractivity contribution in [2.45, 2.75) is 50.5 Å². The van der Waals surface area contributed by atoms with Gasteiger partial charge in [-0.2, -0.15) is 0 Å². The minimum Gasteiger partial charge on any atom is -0.348 e. The topological polar surface area (TPSA) is 42.0 Å². The van der Waals surface area contributed by atoms with E-state index in [1.54, 1.807) is 30.6 Å². The lowest BCUT2D eigenvalue weighted by Gasteiger charge is -2.23. The Morgan fingerprint density at radius 3 is 2.71 bits per heavy atom. The Labute approximate surface area is 142 Å². The molecule has 1 aliphatic carbocycles. The van der Waals surface area contributed by atoms with Gasteiger partial charge in [-0.3, -0.25) is 9.78 Å². The standard InChI is InChI=1S/C20H23FN2O/c1-2-3-10-18(15-7-6-13-22-14-15)23-19(24)20(11-12-20)16-8-4-5-9-17(16)21/h4-9,13-14,18H,2-3,10-12H2,1H3,(H,23,24)/t18-/m0/s1. The van der Waals surface area contributed by atoms with Crippen LogP contribution in [-0.4, -0.2) is 10.9 Å². The normalized spacial score (nSPS) is 16.4. The van der Waals surface area contributed by atoms with Gasteiger partial charge in [0, 0.05) is 18.0 Å². The molecule has 0 aliphatic heterocycles. The summed E-state index contributed by atoms with van der Waals surface area (Å²) in [6, 6.07) is 10.4. The molecule has 0 unspecified atom stereocenters. The molecule has 0 saturated heterocycles. The first kappa shape index (κ1) is 16.6. The highest BCUT2D eigenvalue weighted by Crippen LogP contribution is 2.49. The maximum absolute atomic E-state index is 14.2. The van der Waals surface area contributed by atoms with Gasteiger partial charge in [-0.25, -0.2) is 4.39 Å². The van der Waals surface area contributed by atoms with Gasteiger partial charge in [-0.15, -0.1) is 0 Å². The zero-order valence-corrected chi connectivity index (χ0v) is 14.0. The van der Waals surface area contributed by atoms with Crippen LogP contribution in [0.4, 0.5) is 4.39 Å². The predicted octanol–water partition coefficient (Wildman–Crippen LogP) is 4.30. The second kappa shape index (κ2) is 7.12. The molecule has 24 heavy (non-hydrogen) atoms. The molecule has 1 N–H and O–H groups in total. The molecule has 3 rings (SSSR count). The van der Waals surface area contributed by atoms with Gasteiger partial charge in [0.1, 0.15) is 5.82 Å². The summed E-state index contributed by atoms with van der Waals surface area (Å²) in [6.07, 6.45) is 7.87. The van der Waals surface area contributed by atoms with Crippen molar-refractivity contribution < 1.29 is 9.18 Å². The molecule has 1 aromatic heterocycles. The monoisotopic (exact) mass is 326 g/mol. The molecule has 1 amide bonds. The molecule has 0 spiro atoms. The van der Waals surface area contributed by atoms with Crippen molar-refractivity contribution in [3.05, 3.63) is 65.7 Å². The van der Waals surface area contributed by atoms with E-state index in [4.69, 9.17) is 0 Å². The Balaban J connectivity index is 1.80. The van der Waals surface area contributed by atoms with Crippen molar-refractivity contribution in [2.24, 2.45) is 0 Å². The number of benzene rings is 1. The lowest BCUT2D eigenvalue weighted by molar-refractivity contribution is -0.124. The second-order valence-corrected chi connectivity index (χ2v) is 6.52. The van der Waals surface area contributed by atoms with Crippen molar-refractivity contribution in [1.29, 1.82) is 0 Å². The van der Waals surface area contributed by atoms with E-state index >= 15 is 0 Å². The predicted molar refractivity (Wildman–Crippen MR) is 92.0 cm³/mol. The quantitative estimate of drug-likeness (QED) is 0.824. The molecule has 126 valence electrons. The van der Waals surface area contributed by atoms with Gasteiger partial charge in [0.15, 0.2) is 0 Å². The third-order valence-corrected chi connectivity index (χ3v) is 4.81. The van der Waals surface area contributed by atoms with Crippen molar-refractivity contribution in [3.8, 4) is 0 Å². The van der Waals surface area contributed by atoms with E-state index < -0.39 is 5.41 Å². The number of rotatable bonds is 7. The Bertz CT molecular complexity index is 698. The Kier molecular flexibility index (Phi) is 4.93. The van der Waals surface area contributed by atoms with Crippen LogP contribution >= 0.6 is 0 Å². The fourth-order valence-corrected chi connectivity index (χ4v) is 3.20. The molecule has 1 atom stereocenters. The van der Waals surface area contributed by atoms with E-state index in [1.165, 1.54) is 6.07 Å². The minimum absolute atomic E-state index is 0.0717. The van der Waals surface area contributed by atoms with E-state index in [-0.39, 0.29) is 17.8 Å². The Hall–Kier alpha value is -2.23. The zero-order chi connectivity index (χ0) is 17.0. The van der Waals surface area contributed by atoms with Gasteiger partial charge < -0.3 is 5.32 Å². The van der Waals surface area contributed by atoms with E-state index in [1.807, 2.05) is 12.1 Å². The minimum atomic E-state index is -0.696. The number of carbonyl (C=O) groups excluding carboxylic acids is 1. The molecule has 4 heteroatoms. The van der Waals surface area contributed by atoms with Crippen LogP contribution < -0.4 is 5.32 Å². The average Bonchev–Trinajstić information content (AvgIpc) is 3.41. The number of halogens is 1. The van der Waals surface area contributed by atoms with Gasteiger partial charge in [0.25, 0.3) is 0 Å². The summed E-state index contributed by atoms with van der Waals surface area (Å²) in [5, 5.41) is 3.15. The van der Waals surface area contributed by atoms with Crippen LogP contribution in [0.2, 0.25) is 0 Å². The number of amides is 1. The molecule has 1 heterocycles. The summed E-state index contributed by atoms with van der Waals surface area (Å²) in [7, 11) is 0. The van der Waals surface area contributed by atoms with Gasteiger partial charge in [-0.1, -0.05) is 44.0 Å². The van der Waals surface area contributed by atoms with Crippen LogP contribution in [0.5, 0.6) is 0 Å². The molecule has 1 aromatic carbocycles. The SMILES string of the molecule is CCCC[C@H](NC(=O)C1(c2ccccc2F)CC1)c1cccnc1. The number of hydrogen-bond donors (Lipinski definition) is 1. The van der Waals surface area contributed by atoms with E-state index in [2.05, 4.69) is 17.2 Å². The summed E-state index contributed by atoms with van der Waals surface area (Å²) in [6.45, 7) is 2.13. The highest BCUT2D eigenvalue weighted by molar-refractivity contribution is 5.91. The molecule has 1 fully saturated rings. The van der Waals surface area contributed by atoms with Crippen molar-refractivity contribution in [2.75, 3.05) is 0 Å². The van der Waals surface area contributed by atoms with Gasteiger partial charge in [0.2, 0.25) is 5.91 Å². The number of pyridine rings is 1. The van der Waals surface area contributed by atoms with E-state index in [0.717, 1.165) is 24.8 Å². The third kappa shape index (κ3) is 3.32. The maximum atomic E-state index is 14.2. The van der Waals surface area contributed by atoms with Gasteiger partial charge >= 0.3 is 0 Å². The van der Waals surface area contributed by atoms with Gasteiger partial charge in [-0.05, 0) is 37.0 Å². The Morgan fingerprint density at radius 2 is 2.08 bits per heavy atom. The number of nitrogens with one attached hydrogen (secondary N) is 1. The van der Waals surface area contributed by atoms with Crippen molar-refractivity contribution in [1.82, 2.24) is 10.3 Å². The van der Waals surface area contributed by atoms with E-state index in [0.29, 0.717) is 18.4 Å². The van der Waals surface area contributed by atoms with Crippen molar-refractivity contribution in [3.63, 3.8) is 0 Å². The third-order valence-electron chi connectivity index (χ3n) is 4.81. The first-order valence-corrected chi connectivity index (χ1v) is 8.63. The average molecular weight is 326 g/mol. The maximum Gasteiger partial charge on any atom is 0.231 e. The number of aromatic nitrogens is 1. The van der Waals surface area contributed by atoms with Crippen LogP contribution in [0, 0.1) is 5.82 Å². The van der Waals surface area contributed by atoms with Crippen molar-refractivity contribution >= 4 is 5.91 Å². The zero-order valence-electron chi connectivity index (χ0n) is 14.0. The molecule has 1 aliphatic rings. The first-order valence-electron chi connectivity index (χ1n) is 8.63. The summed E-state index contributed by atoms with van der Waals surface area (Å²) in [4.78, 5) is 17.1. The fraction of sp³-hybridized carbons (Fsp3) is 0.400. The highest BCUT2D eigenvalue weighted by atomic mass is 19.1. The number of hydrogen-bond acceptors (Lipinski definition) is 2. The van der Waals surface area contributed by atoms with Crippen LogP contribution in [0.3, 0.4) is 0 Å². The number of unbranched alkanes of at least 4 members (excludes halogenated alkanes) is 1. The molecular weight excluding hydrogens is 303 g/mol. The van der Waals surface area contributed by atoms with E-state index in [9.17, 15) is 9.18 Å². The smallest absolute Gasteiger partial charge is 0.231 e. The lowest BCUT2D eigenvalue weighted by atomic mass is 9.93. The number of nitrogens with zero attached hydrogens (tertiary/aromatic N) is 1. The summed E-state index contributed by atoms with van der Waals surface area (Å²) < 4.78 is 14.2. The summed E-state index contributed by atoms with van der Waals surface area (Å²) >= 11 is 0. The van der Waals surface area contributed by atoms with Crippen LogP contribution in [-0.2, 0) is 10.2 Å². The van der Waals surface area contributed by atoms with Crippen LogP contribution in [0.15, 0.2) is 48.8 Å². The summed E-state index contributed by atoms with van der Waals surface area (Å²) in [5.74, 6) is -0.366. The molecule has 0 bridgehead atoms. The molecular formula is C20H23FN2O. The van der Waals surface area contributed by atoms with Crippen LogP contribution in [0.1, 0.15) is 56.2 Å². The van der Waals surface area contributed by atoms with Crippen LogP contribution in [0.25, 0.3) is 0 Å². The number of carbonyl (C=O) groups is 1. The molecule has 3 nitrogen and oxygen atoms in total. The first-order chi connectivity index (χ1) is 11.7. The Morgan fingerprint density at radius 1 is 1.29 bits per heavy atom. The molecule has 2 aromatic rings. The largest absolute Gasteiger partial charge is 0.348 e. The molecule has 0 radical (unpaired) electrons. The lowest BCUT2D eigenvalue weighted by Crippen LogP contribution is -2.38. The molecule has 1 saturated carbocycles. The second-order valence-electron chi connectivity index (χ2n) is 6.52. The highest BCUT2D eigenvalue weighted by Gasteiger charge is 2.53.